The molecule has 1 atom stereocenters. The molecular weight excluding hydrogens is 242 g/mol. The van der Waals surface area contributed by atoms with Gasteiger partial charge in [-0.3, -0.25) is 0 Å². The number of carbonyl (C=O) groups is 1. The molecule has 2 nitrogen and oxygen atoms in total. The Hall–Kier alpha value is -1.73. The molecule has 1 aromatic rings. The Morgan fingerprint density at radius 1 is 0.875 bits per heavy atom. The van der Waals surface area contributed by atoms with Gasteiger partial charge in [-0.15, -0.1) is 0 Å². The van der Waals surface area contributed by atoms with Crippen molar-refractivity contribution >= 4 is 5.97 Å². The van der Waals surface area contributed by atoms with Crippen molar-refractivity contribution in [2.24, 2.45) is 0 Å². The van der Waals surface area contributed by atoms with Crippen LogP contribution in [0.25, 0.3) is 0 Å². The van der Waals surface area contributed by atoms with Crippen molar-refractivity contribution in [1.29, 1.82) is 0 Å². The van der Waals surface area contributed by atoms with E-state index in [4.69, 9.17) is 5.11 Å². The fraction of sp³-hybridized carbons (Fsp3) is 0.125. The zero-order valence-corrected chi connectivity index (χ0v) is 7.20. The number of carboxylic acid groups (broad SMARTS) is 1. The highest BCUT2D eigenvalue weighted by molar-refractivity contribution is 5.74. The Morgan fingerprint density at radius 2 is 1.19 bits per heavy atom. The molecule has 0 bridgehead atoms. The lowest BCUT2D eigenvalue weighted by Crippen LogP contribution is -2.14. The summed E-state index contributed by atoms with van der Waals surface area (Å²) < 4.78 is 75.8. The van der Waals surface area contributed by atoms with Crippen molar-refractivity contribution in [1.82, 2.24) is 0 Å². The summed E-state index contributed by atoms with van der Waals surface area (Å²) in [6.45, 7) is 0. The quantitative estimate of drug-likeness (QED) is 0.493. The largest absolute Gasteiger partial charge is 0.479 e. The van der Waals surface area contributed by atoms with E-state index in [-0.39, 0.29) is 0 Å². The molecule has 0 radical (unpaired) electrons. The average molecular weight is 244 g/mol. The molecule has 0 spiro atoms. The molecule has 0 aliphatic rings. The lowest BCUT2D eigenvalue weighted by Gasteiger charge is -2.08. The average Bonchev–Trinajstić information content (AvgIpc) is 2.23. The topological polar surface area (TPSA) is 37.3 Å². The van der Waals surface area contributed by atoms with E-state index in [0.717, 1.165) is 0 Å². The smallest absolute Gasteiger partial charge is 0.343 e. The number of hydrogen-bond donors (Lipinski definition) is 1. The van der Waals surface area contributed by atoms with E-state index in [0.29, 0.717) is 0 Å². The van der Waals surface area contributed by atoms with Crippen molar-refractivity contribution < 1.29 is 36.2 Å². The summed E-state index contributed by atoms with van der Waals surface area (Å²) in [5.41, 5.74) is -2.01. The summed E-state index contributed by atoms with van der Waals surface area (Å²) in [5.74, 6) is -14.6. The van der Waals surface area contributed by atoms with Crippen molar-refractivity contribution in [2.75, 3.05) is 0 Å². The first-order valence-electron chi connectivity index (χ1n) is 3.67. The zero-order valence-electron chi connectivity index (χ0n) is 7.20. The van der Waals surface area contributed by atoms with Gasteiger partial charge >= 0.3 is 5.97 Å². The maximum atomic E-state index is 12.8. The molecule has 0 aromatic heterocycles. The van der Waals surface area contributed by atoms with Crippen LogP contribution in [0.3, 0.4) is 0 Å². The van der Waals surface area contributed by atoms with Crippen LogP contribution in [0.2, 0.25) is 0 Å². The maximum Gasteiger partial charge on any atom is 0.343 e. The Bertz CT molecular complexity index is 429. The van der Waals surface area contributed by atoms with Gasteiger partial charge in [0.2, 0.25) is 12.0 Å². The molecule has 88 valence electrons. The van der Waals surface area contributed by atoms with Crippen LogP contribution in [-0.4, -0.2) is 11.1 Å². The van der Waals surface area contributed by atoms with Crippen LogP contribution < -0.4 is 0 Å². The molecule has 1 N–H and O–H groups in total. The van der Waals surface area contributed by atoms with Crippen molar-refractivity contribution in [3.63, 3.8) is 0 Å². The SMILES string of the molecule is O=C(O)C(F)c1c(F)c(F)c(F)c(F)c1F. The second-order valence-corrected chi connectivity index (χ2v) is 2.68. The third kappa shape index (κ3) is 1.70. The van der Waals surface area contributed by atoms with Gasteiger partial charge in [0.15, 0.2) is 23.3 Å². The highest BCUT2D eigenvalue weighted by Crippen LogP contribution is 2.29. The van der Waals surface area contributed by atoms with Crippen LogP contribution >= 0.6 is 0 Å². The summed E-state index contributed by atoms with van der Waals surface area (Å²) in [4.78, 5) is 10.1. The van der Waals surface area contributed by atoms with Gasteiger partial charge in [0, 0.05) is 0 Å². The molecule has 16 heavy (non-hydrogen) atoms. The fourth-order valence-corrected chi connectivity index (χ4v) is 0.968. The lowest BCUT2D eigenvalue weighted by molar-refractivity contribution is -0.143. The number of alkyl halides is 1. The monoisotopic (exact) mass is 244 g/mol. The zero-order chi connectivity index (χ0) is 12.6. The summed E-state index contributed by atoms with van der Waals surface area (Å²) in [7, 11) is 0. The maximum absolute atomic E-state index is 12.8. The summed E-state index contributed by atoms with van der Waals surface area (Å²) >= 11 is 0. The van der Waals surface area contributed by atoms with Crippen molar-refractivity contribution in [3.05, 3.63) is 34.6 Å². The molecule has 0 fully saturated rings. The van der Waals surface area contributed by atoms with Gasteiger partial charge in [-0.05, 0) is 0 Å². The highest BCUT2D eigenvalue weighted by atomic mass is 19.2. The van der Waals surface area contributed by atoms with E-state index in [1.807, 2.05) is 0 Å². The second kappa shape index (κ2) is 4.03. The number of hydrogen-bond acceptors (Lipinski definition) is 1. The van der Waals surface area contributed by atoms with Crippen molar-refractivity contribution in [2.45, 2.75) is 6.17 Å². The Labute approximate surface area is 84.1 Å². The van der Waals surface area contributed by atoms with Crippen LogP contribution in [-0.2, 0) is 4.79 Å². The predicted octanol–water partition coefficient (Wildman–Crippen LogP) is 2.48. The first-order chi connectivity index (χ1) is 7.29. The molecule has 0 saturated heterocycles. The molecular formula is C8H2F6O2. The Kier molecular flexibility index (Phi) is 3.11. The van der Waals surface area contributed by atoms with Gasteiger partial charge in [-0.25, -0.2) is 31.1 Å². The van der Waals surface area contributed by atoms with E-state index in [9.17, 15) is 31.1 Å². The van der Waals surface area contributed by atoms with Crippen LogP contribution in [0.15, 0.2) is 0 Å². The number of aliphatic carboxylic acids is 1. The van der Waals surface area contributed by atoms with E-state index in [1.165, 1.54) is 0 Å². The third-order valence-electron chi connectivity index (χ3n) is 1.71. The molecule has 0 aliphatic heterocycles. The van der Waals surface area contributed by atoms with E-state index in [1.54, 1.807) is 0 Å². The van der Waals surface area contributed by atoms with Gasteiger partial charge in [-0.2, -0.15) is 0 Å². The third-order valence-corrected chi connectivity index (χ3v) is 1.71. The molecule has 0 saturated carbocycles. The fourth-order valence-electron chi connectivity index (χ4n) is 0.968. The number of benzene rings is 1. The molecule has 1 unspecified atom stereocenters. The minimum Gasteiger partial charge on any atom is -0.479 e. The van der Waals surface area contributed by atoms with E-state index in [2.05, 4.69) is 0 Å². The molecule has 0 amide bonds. The number of carboxylic acids is 1. The Morgan fingerprint density at radius 3 is 1.50 bits per heavy atom. The van der Waals surface area contributed by atoms with E-state index >= 15 is 0 Å². The number of halogens is 6. The van der Waals surface area contributed by atoms with Gasteiger partial charge in [-0.1, -0.05) is 0 Å². The summed E-state index contributed by atoms with van der Waals surface area (Å²) in [6, 6.07) is 0. The summed E-state index contributed by atoms with van der Waals surface area (Å²) in [5, 5.41) is 8.09. The van der Waals surface area contributed by atoms with Gasteiger partial charge in [0.05, 0.1) is 5.56 Å². The van der Waals surface area contributed by atoms with Crippen molar-refractivity contribution in [3.8, 4) is 0 Å². The molecule has 8 heteroatoms. The molecule has 1 aromatic carbocycles. The first kappa shape index (κ1) is 12.3. The van der Waals surface area contributed by atoms with Gasteiger partial charge in [0.25, 0.3) is 0 Å². The van der Waals surface area contributed by atoms with Crippen LogP contribution in [0.4, 0.5) is 26.3 Å². The molecule has 0 heterocycles. The van der Waals surface area contributed by atoms with Gasteiger partial charge < -0.3 is 5.11 Å². The van der Waals surface area contributed by atoms with Gasteiger partial charge in [0.1, 0.15) is 0 Å². The Balaban J connectivity index is 3.57. The highest BCUT2D eigenvalue weighted by Gasteiger charge is 2.33. The summed E-state index contributed by atoms with van der Waals surface area (Å²) in [6.07, 6.45) is -3.33. The number of rotatable bonds is 2. The minimum atomic E-state index is -3.33. The van der Waals surface area contributed by atoms with Crippen LogP contribution in [0.1, 0.15) is 11.7 Å². The van der Waals surface area contributed by atoms with E-state index < -0.39 is 46.8 Å². The lowest BCUT2D eigenvalue weighted by atomic mass is 10.1. The van der Waals surface area contributed by atoms with Crippen LogP contribution in [0, 0.1) is 29.1 Å². The first-order valence-corrected chi connectivity index (χ1v) is 3.67. The predicted molar refractivity (Wildman–Crippen MR) is 37.7 cm³/mol. The van der Waals surface area contributed by atoms with Crippen LogP contribution in [0.5, 0.6) is 0 Å². The minimum absolute atomic E-state index is 2.01. The molecule has 1 rings (SSSR count). The standard InChI is InChI=1S/C8H2F6O2/c9-2-1(4(11)8(15)16)3(10)6(13)7(14)5(2)12/h4H,(H,15,16). The normalized spacial score (nSPS) is 12.6. The second-order valence-electron chi connectivity index (χ2n) is 2.68. The molecule has 0 aliphatic carbocycles.